The van der Waals surface area contributed by atoms with E-state index in [-0.39, 0.29) is 18.2 Å². The fourth-order valence-electron chi connectivity index (χ4n) is 2.04. The smallest absolute Gasteiger partial charge is 0.237 e. The number of nitrogens with one attached hydrogen (secondary N) is 1. The summed E-state index contributed by atoms with van der Waals surface area (Å²) in [6.45, 7) is 2.69. The minimum absolute atomic E-state index is 0.00500. The van der Waals surface area contributed by atoms with Crippen molar-refractivity contribution in [1.82, 2.24) is 9.62 Å². The zero-order chi connectivity index (χ0) is 13.9. The number of sulfonamides is 1. The number of fused-ring (bicyclic) bond motifs is 1. The Bertz CT molecular complexity index is 551. The molecule has 0 saturated heterocycles. The number of thiophene rings is 1. The highest BCUT2D eigenvalue weighted by atomic mass is 32.2. The summed E-state index contributed by atoms with van der Waals surface area (Å²) in [4.78, 5) is 15.1. The van der Waals surface area contributed by atoms with E-state index in [1.165, 1.54) is 10.4 Å². The maximum Gasteiger partial charge on any atom is 0.237 e. The molecule has 0 aliphatic carbocycles. The van der Waals surface area contributed by atoms with Gasteiger partial charge >= 0.3 is 0 Å². The Morgan fingerprint density at radius 2 is 2.32 bits per heavy atom. The van der Waals surface area contributed by atoms with Crippen molar-refractivity contribution in [3.05, 3.63) is 21.9 Å². The molecule has 7 heteroatoms. The van der Waals surface area contributed by atoms with E-state index in [1.807, 2.05) is 11.4 Å². The molecule has 1 N–H and O–H groups in total. The first kappa shape index (κ1) is 14.5. The lowest BCUT2D eigenvalue weighted by molar-refractivity contribution is -0.130. The SMILES string of the molecule is CCS(=O)(=O)NCC(=O)N1CCCc2sccc2C1. The van der Waals surface area contributed by atoms with Crippen LogP contribution in [0.5, 0.6) is 0 Å². The van der Waals surface area contributed by atoms with Gasteiger partial charge in [-0.3, -0.25) is 4.79 Å². The van der Waals surface area contributed by atoms with Gasteiger partial charge < -0.3 is 4.90 Å². The van der Waals surface area contributed by atoms with Gasteiger partial charge in [-0.05, 0) is 36.8 Å². The Morgan fingerprint density at radius 3 is 3.05 bits per heavy atom. The van der Waals surface area contributed by atoms with E-state index in [0.717, 1.165) is 12.8 Å². The standard InChI is InChI=1S/C12H18N2O3S2/c1-2-19(16,17)13-8-12(15)14-6-3-4-11-10(9-14)5-7-18-11/h5,7,13H,2-4,6,8-9H2,1H3. The summed E-state index contributed by atoms with van der Waals surface area (Å²) in [5.41, 5.74) is 1.19. The van der Waals surface area contributed by atoms with E-state index >= 15 is 0 Å². The third-order valence-electron chi connectivity index (χ3n) is 3.21. The molecule has 2 rings (SSSR count). The molecule has 0 atom stereocenters. The predicted molar refractivity (Wildman–Crippen MR) is 75.5 cm³/mol. The van der Waals surface area contributed by atoms with Crippen molar-refractivity contribution < 1.29 is 13.2 Å². The van der Waals surface area contributed by atoms with Crippen molar-refractivity contribution in [3.8, 4) is 0 Å². The van der Waals surface area contributed by atoms with E-state index < -0.39 is 10.0 Å². The van der Waals surface area contributed by atoms with E-state index in [0.29, 0.717) is 13.1 Å². The highest BCUT2D eigenvalue weighted by Gasteiger charge is 2.20. The summed E-state index contributed by atoms with van der Waals surface area (Å²) in [5, 5.41) is 2.04. The average Bonchev–Trinajstić information content (AvgIpc) is 2.73. The Labute approximate surface area is 117 Å². The quantitative estimate of drug-likeness (QED) is 0.901. The predicted octanol–water partition coefficient (Wildman–Crippen LogP) is 0.962. The van der Waals surface area contributed by atoms with Gasteiger partial charge in [0.2, 0.25) is 15.9 Å². The summed E-state index contributed by atoms with van der Waals surface area (Å²) in [5.74, 6) is -0.161. The van der Waals surface area contributed by atoms with Gasteiger partial charge in [0, 0.05) is 18.0 Å². The Hall–Kier alpha value is -0.920. The maximum atomic E-state index is 12.0. The molecular formula is C12H18N2O3S2. The first-order valence-corrected chi connectivity index (χ1v) is 8.85. The molecule has 0 radical (unpaired) electrons. The molecule has 2 heterocycles. The molecule has 1 aliphatic rings. The lowest BCUT2D eigenvalue weighted by Crippen LogP contribution is -2.40. The highest BCUT2D eigenvalue weighted by molar-refractivity contribution is 7.89. The van der Waals surface area contributed by atoms with Gasteiger partial charge in [-0.15, -0.1) is 11.3 Å². The van der Waals surface area contributed by atoms with Crippen molar-refractivity contribution in [1.29, 1.82) is 0 Å². The molecule has 0 saturated carbocycles. The highest BCUT2D eigenvalue weighted by Crippen LogP contribution is 2.23. The van der Waals surface area contributed by atoms with Crippen LogP contribution in [0.25, 0.3) is 0 Å². The zero-order valence-corrected chi connectivity index (χ0v) is 12.5. The zero-order valence-electron chi connectivity index (χ0n) is 10.9. The topological polar surface area (TPSA) is 66.5 Å². The van der Waals surface area contributed by atoms with E-state index in [2.05, 4.69) is 4.72 Å². The van der Waals surface area contributed by atoms with Gasteiger partial charge in [0.05, 0.1) is 12.3 Å². The van der Waals surface area contributed by atoms with Gasteiger partial charge in [-0.2, -0.15) is 0 Å². The van der Waals surface area contributed by atoms with Crippen molar-refractivity contribution in [2.75, 3.05) is 18.8 Å². The minimum atomic E-state index is -3.31. The number of carbonyl (C=O) groups is 1. The van der Waals surface area contributed by atoms with Crippen LogP contribution >= 0.6 is 11.3 Å². The third kappa shape index (κ3) is 3.77. The van der Waals surface area contributed by atoms with Crippen molar-refractivity contribution >= 4 is 27.3 Å². The molecule has 1 amide bonds. The fraction of sp³-hybridized carbons (Fsp3) is 0.583. The van der Waals surface area contributed by atoms with E-state index in [9.17, 15) is 13.2 Å². The van der Waals surface area contributed by atoms with E-state index in [4.69, 9.17) is 0 Å². The molecule has 0 spiro atoms. The number of carbonyl (C=O) groups excluding carboxylic acids is 1. The van der Waals surface area contributed by atoms with Crippen LogP contribution in [0.15, 0.2) is 11.4 Å². The first-order chi connectivity index (χ1) is 9.02. The largest absolute Gasteiger partial charge is 0.337 e. The molecule has 5 nitrogen and oxygen atoms in total. The number of amides is 1. The second-order valence-electron chi connectivity index (χ2n) is 4.51. The van der Waals surface area contributed by atoms with Gasteiger partial charge in [-0.25, -0.2) is 13.1 Å². The van der Waals surface area contributed by atoms with Crippen molar-refractivity contribution in [3.63, 3.8) is 0 Å². The van der Waals surface area contributed by atoms with Crippen LogP contribution in [0.4, 0.5) is 0 Å². The van der Waals surface area contributed by atoms with Crippen LogP contribution in [0.3, 0.4) is 0 Å². The van der Waals surface area contributed by atoms with Crippen LogP contribution < -0.4 is 4.72 Å². The van der Waals surface area contributed by atoms with Gasteiger partial charge in [0.15, 0.2) is 0 Å². The summed E-state index contributed by atoms with van der Waals surface area (Å²) < 4.78 is 25.0. The van der Waals surface area contributed by atoms with Crippen LogP contribution in [-0.4, -0.2) is 38.1 Å². The lowest BCUT2D eigenvalue weighted by atomic mass is 10.2. The first-order valence-electron chi connectivity index (χ1n) is 6.32. The molecule has 0 unspecified atom stereocenters. The second kappa shape index (κ2) is 6.02. The Balaban J connectivity index is 1.97. The van der Waals surface area contributed by atoms with Gasteiger partial charge in [-0.1, -0.05) is 0 Å². The number of hydrogen-bond donors (Lipinski definition) is 1. The molecule has 19 heavy (non-hydrogen) atoms. The third-order valence-corrected chi connectivity index (χ3v) is 5.57. The molecule has 0 bridgehead atoms. The minimum Gasteiger partial charge on any atom is -0.337 e. The maximum absolute atomic E-state index is 12.0. The molecule has 1 aromatic heterocycles. The summed E-state index contributed by atoms with van der Waals surface area (Å²) in [6.07, 6.45) is 1.93. The second-order valence-corrected chi connectivity index (χ2v) is 7.61. The Kier molecular flexibility index (Phi) is 4.59. The van der Waals surface area contributed by atoms with Crippen LogP contribution in [0.1, 0.15) is 23.8 Å². The van der Waals surface area contributed by atoms with Crippen molar-refractivity contribution in [2.45, 2.75) is 26.3 Å². The van der Waals surface area contributed by atoms with Crippen LogP contribution in [0, 0.1) is 0 Å². The van der Waals surface area contributed by atoms with Crippen LogP contribution in [-0.2, 0) is 27.8 Å². The normalized spacial score (nSPS) is 15.9. The summed E-state index contributed by atoms with van der Waals surface area (Å²) in [7, 11) is -3.31. The molecule has 0 fully saturated rings. The number of nitrogens with zero attached hydrogens (tertiary/aromatic N) is 1. The fourth-order valence-corrected chi connectivity index (χ4v) is 3.53. The summed E-state index contributed by atoms with van der Waals surface area (Å²) >= 11 is 1.72. The molecule has 1 aliphatic heterocycles. The molecule has 106 valence electrons. The van der Waals surface area contributed by atoms with Gasteiger partial charge in [0.25, 0.3) is 0 Å². The molecule has 1 aromatic rings. The monoisotopic (exact) mass is 302 g/mol. The van der Waals surface area contributed by atoms with E-state index in [1.54, 1.807) is 23.2 Å². The molecular weight excluding hydrogens is 284 g/mol. The average molecular weight is 302 g/mol. The Morgan fingerprint density at radius 1 is 1.53 bits per heavy atom. The number of aryl methyl sites for hydroxylation is 1. The van der Waals surface area contributed by atoms with Gasteiger partial charge in [0.1, 0.15) is 0 Å². The number of hydrogen-bond acceptors (Lipinski definition) is 4. The molecule has 0 aromatic carbocycles. The van der Waals surface area contributed by atoms with Crippen molar-refractivity contribution in [2.24, 2.45) is 0 Å². The van der Waals surface area contributed by atoms with Crippen LogP contribution in [0.2, 0.25) is 0 Å². The lowest BCUT2D eigenvalue weighted by Gasteiger charge is -2.20. The number of rotatable bonds is 4. The summed E-state index contributed by atoms with van der Waals surface area (Å²) in [6, 6.07) is 2.04.